The molecule has 4 rings (SSSR count). The van der Waals surface area contributed by atoms with E-state index in [4.69, 9.17) is 0 Å². The molecule has 178 valence electrons. The van der Waals surface area contributed by atoms with E-state index >= 15 is 0 Å². The predicted molar refractivity (Wildman–Crippen MR) is 131 cm³/mol. The van der Waals surface area contributed by atoms with Gasteiger partial charge in [-0.15, -0.1) is 0 Å². The van der Waals surface area contributed by atoms with Crippen LogP contribution in [0.4, 0.5) is 5.69 Å². The number of likely N-dealkylation sites (tertiary alicyclic amines) is 1. The van der Waals surface area contributed by atoms with Crippen LogP contribution in [0.5, 0.6) is 0 Å². The summed E-state index contributed by atoms with van der Waals surface area (Å²) in [5.74, 6) is -0.229. The summed E-state index contributed by atoms with van der Waals surface area (Å²) in [7, 11) is -0.626. The van der Waals surface area contributed by atoms with E-state index in [2.05, 4.69) is 27.2 Å². The number of rotatable bonds is 8. The third-order valence-electron chi connectivity index (χ3n) is 6.66. The van der Waals surface area contributed by atoms with Gasteiger partial charge in [-0.25, -0.2) is 12.7 Å². The first-order chi connectivity index (χ1) is 15.9. The Kier molecular flexibility index (Phi) is 7.36. The fraction of sp³-hybridized carbons (Fsp3) is 0.480. The number of anilines is 1. The summed E-state index contributed by atoms with van der Waals surface area (Å²) in [6.45, 7) is 4.27. The standard InChI is InChI=1S/C25H34N4O3S/c1-27(2)33(31,32)21-12-13-23(28-14-6-7-15-28)22(18-21)25(30)26-19-24(29-16-8-9-17-29)20-10-4-3-5-11-20/h3-5,10-13,18,24H,6-9,14-17,19H2,1-2H3,(H,26,30). The molecule has 0 aromatic heterocycles. The van der Waals surface area contributed by atoms with E-state index in [1.54, 1.807) is 12.1 Å². The highest BCUT2D eigenvalue weighted by Gasteiger charge is 2.27. The van der Waals surface area contributed by atoms with Crippen LogP contribution in [-0.4, -0.2) is 70.3 Å². The Morgan fingerprint density at radius 1 is 0.970 bits per heavy atom. The van der Waals surface area contributed by atoms with Gasteiger partial charge in [-0.3, -0.25) is 9.69 Å². The molecule has 0 radical (unpaired) electrons. The number of hydrogen-bond donors (Lipinski definition) is 1. The zero-order valence-electron chi connectivity index (χ0n) is 19.5. The zero-order valence-corrected chi connectivity index (χ0v) is 20.4. The van der Waals surface area contributed by atoms with Gasteiger partial charge < -0.3 is 10.2 Å². The Labute approximate surface area is 197 Å². The van der Waals surface area contributed by atoms with E-state index in [1.807, 2.05) is 18.2 Å². The van der Waals surface area contributed by atoms with Gasteiger partial charge in [0.1, 0.15) is 0 Å². The van der Waals surface area contributed by atoms with Crippen LogP contribution in [0, 0.1) is 0 Å². The number of amides is 1. The van der Waals surface area contributed by atoms with Gasteiger partial charge >= 0.3 is 0 Å². The van der Waals surface area contributed by atoms with E-state index in [-0.39, 0.29) is 16.8 Å². The molecule has 2 aliphatic rings. The van der Waals surface area contributed by atoms with Crippen LogP contribution in [0.3, 0.4) is 0 Å². The molecule has 1 unspecified atom stereocenters. The molecule has 33 heavy (non-hydrogen) atoms. The van der Waals surface area contributed by atoms with Crippen LogP contribution >= 0.6 is 0 Å². The highest BCUT2D eigenvalue weighted by Crippen LogP contribution is 2.29. The second-order valence-electron chi connectivity index (χ2n) is 9.04. The van der Waals surface area contributed by atoms with Crippen molar-refractivity contribution < 1.29 is 13.2 Å². The smallest absolute Gasteiger partial charge is 0.253 e. The number of benzene rings is 2. The molecule has 1 atom stereocenters. The summed E-state index contributed by atoms with van der Waals surface area (Å²) in [4.78, 5) is 18.2. The SMILES string of the molecule is CN(C)S(=O)(=O)c1ccc(N2CCCC2)c(C(=O)NCC(c2ccccc2)N2CCCC2)c1. The maximum atomic E-state index is 13.5. The molecule has 2 aliphatic heterocycles. The van der Waals surface area contributed by atoms with Gasteiger partial charge in [-0.2, -0.15) is 0 Å². The number of nitrogens with one attached hydrogen (secondary N) is 1. The molecule has 0 aliphatic carbocycles. The summed E-state index contributed by atoms with van der Waals surface area (Å²) in [5.41, 5.74) is 2.41. The van der Waals surface area contributed by atoms with E-state index in [0.29, 0.717) is 12.1 Å². The number of nitrogens with zero attached hydrogens (tertiary/aromatic N) is 3. The molecule has 1 N–H and O–H groups in total. The fourth-order valence-electron chi connectivity index (χ4n) is 4.77. The monoisotopic (exact) mass is 470 g/mol. The van der Waals surface area contributed by atoms with Crippen molar-refractivity contribution in [2.24, 2.45) is 0 Å². The third kappa shape index (κ3) is 5.23. The normalized spacial score (nSPS) is 18.1. The maximum absolute atomic E-state index is 13.5. The summed E-state index contributed by atoms with van der Waals surface area (Å²) in [6.07, 6.45) is 4.48. The lowest BCUT2D eigenvalue weighted by Gasteiger charge is -2.29. The summed E-state index contributed by atoms with van der Waals surface area (Å²) < 4.78 is 26.7. The topological polar surface area (TPSA) is 73.0 Å². The molecule has 2 fully saturated rings. The first-order valence-corrected chi connectivity index (χ1v) is 13.2. The number of carbonyl (C=O) groups excluding carboxylic acids is 1. The predicted octanol–water partition coefficient (Wildman–Crippen LogP) is 3.10. The highest BCUT2D eigenvalue weighted by atomic mass is 32.2. The molecule has 2 aromatic carbocycles. The number of hydrogen-bond acceptors (Lipinski definition) is 5. The Balaban J connectivity index is 1.61. The van der Waals surface area contributed by atoms with Crippen LogP contribution in [0.15, 0.2) is 53.4 Å². The molecule has 0 bridgehead atoms. The van der Waals surface area contributed by atoms with Crippen LogP contribution in [-0.2, 0) is 10.0 Å². The first-order valence-electron chi connectivity index (χ1n) is 11.8. The minimum absolute atomic E-state index is 0.0987. The lowest BCUT2D eigenvalue weighted by Crippen LogP contribution is -2.37. The summed E-state index contributed by atoms with van der Waals surface area (Å²) in [5, 5.41) is 3.13. The van der Waals surface area contributed by atoms with E-state index < -0.39 is 10.0 Å². The van der Waals surface area contributed by atoms with Gasteiger partial charge in [0.05, 0.1) is 16.5 Å². The Bertz CT molecular complexity index is 1060. The van der Waals surface area contributed by atoms with Gasteiger partial charge in [0.15, 0.2) is 0 Å². The largest absolute Gasteiger partial charge is 0.371 e. The Morgan fingerprint density at radius 2 is 1.61 bits per heavy atom. The molecule has 2 saturated heterocycles. The quantitative estimate of drug-likeness (QED) is 0.642. The molecular weight excluding hydrogens is 436 g/mol. The van der Waals surface area contributed by atoms with Crippen molar-refractivity contribution in [1.29, 1.82) is 0 Å². The third-order valence-corrected chi connectivity index (χ3v) is 8.47. The van der Waals surface area contributed by atoms with Crippen molar-refractivity contribution in [3.05, 3.63) is 59.7 Å². The minimum atomic E-state index is -3.63. The summed E-state index contributed by atoms with van der Waals surface area (Å²) in [6, 6.07) is 15.3. The van der Waals surface area contributed by atoms with Crippen LogP contribution in [0.1, 0.15) is 47.6 Å². The summed E-state index contributed by atoms with van der Waals surface area (Å²) >= 11 is 0. The van der Waals surface area contributed by atoms with Gasteiger partial charge in [0.2, 0.25) is 10.0 Å². The van der Waals surface area contributed by atoms with E-state index in [1.165, 1.54) is 42.9 Å². The van der Waals surface area contributed by atoms with Crippen molar-refractivity contribution >= 4 is 21.6 Å². The average molecular weight is 471 g/mol. The van der Waals surface area contributed by atoms with Crippen LogP contribution < -0.4 is 10.2 Å². The van der Waals surface area contributed by atoms with Crippen LogP contribution in [0.2, 0.25) is 0 Å². The van der Waals surface area contributed by atoms with Gasteiger partial charge in [-0.05, 0) is 62.5 Å². The first kappa shape index (κ1) is 23.7. The Morgan fingerprint density at radius 3 is 2.24 bits per heavy atom. The van der Waals surface area contributed by atoms with E-state index in [0.717, 1.165) is 44.7 Å². The lowest BCUT2D eigenvalue weighted by molar-refractivity contribution is 0.0938. The molecular formula is C25H34N4O3S. The zero-order chi connectivity index (χ0) is 23.4. The van der Waals surface area contributed by atoms with Crippen molar-refractivity contribution in [3.63, 3.8) is 0 Å². The Hall–Kier alpha value is -2.42. The van der Waals surface area contributed by atoms with Crippen molar-refractivity contribution in [2.75, 3.05) is 51.7 Å². The second kappa shape index (κ2) is 10.2. The molecule has 1 amide bonds. The molecule has 7 nitrogen and oxygen atoms in total. The van der Waals surface area contributed by atoms with Crippen molar-refractivity contribution in [3.8, 4) is 0 Å². The fourth-order valence-corrected chi connectivity index (χ4v) is 5.70. The lowest BCUT2D eigenvalue weighted by atomic mass is 10.0. The maximum Gasteiger partial charge on any atom is 0.253 e. The van der Waals surface area contributed by atoms with Crippen molar-refractivity contribution in [1.82, 2.24) is 14.5 Å². The van der Waals surface area contributed by atoms with Gasteiger partial charge in [0.25, 0.3) is 5.91 Å². The van der Waals surface area contributed by atoms with Gasteiger partial charge in [0, 0.05) is 39.4 Å². The minimum Gasteiger partial charge on any atom is -0.371 e. The average Bonchev–Trinajstić information content (AvgIpc) is 3.54. The van der Waals surface area contributed by atoms with Gasteiger partial charge in [-0.1, -0.05) is 30.3 Å². The molecule has 2 aromatic rings. The molecule has 0 spiro atoms. The number of carbonyl (C=O) groups is 1. The molecule has 2 heterocycles. The molecule has 8 heteroatoms. The highest BCUT2D eigenvalue weighted by molar-refractivity contribution is 7.89. The number of sulfonamides is 1. The molecule has 0 saturated carbocycles. The van der Waals surface area contributed by atoms with Crippen molar-refractivity contribution in [2.45, 2.75) is 36.6 Å². The van der Waals surface area contributed by atoms with E-state index in [9.17, 15) is 13.2 Å². The second-order valence-corrected chi connectivity index (χ2v) is 11.2. The van der Waals surface area contributed by atoms with Crippen LogP contribution in [0.25, 0.3) is 0 Å².